The van der Waals surface area contributed by atoms with Crippen molar-refractivity contribution >= 4 is 11.0 Å². The van der Waals surface area contributed by atoms with Crippen LogP contribution in [0.15, 0.2) is 39.5 Å². The van der Waals surface area contributed by atoms with Crippen molar-refractivity contribution in [2.45, 2.75) is 26.2 Å². The van der Waals surface area contributed by atoms with Crippen LogP contribution in [0.4, 0.5) is 0 Å². The van der Waals surface area contributed by atoms with Gasteiger partial charge in [0, 0.05) is 11.5 Å². The minimum atomic E-state index is -0.298. The Labute approximate surface area is 88.5 Å². The van der Waals surface area contributed by atoms with E-state index >= 15 is 0 Å². The van der Waals surface area contributed by atoms with E-state index in [9.17, 15) is 4.79 Å². The van der Waals surface area contributed by atoms with E-state index in [1.54, 1.807) is 6.07 Å². The van der Waals surface area contributed by atoms with E-state index in [1.165, 1.54) is 11.6 Å². The predicted octanol–water partition coefficient (Wildman–Crippen LogP) is 3.09. The number of hydrogen-bond donors (Lipinski definition) is 0. The van der Waals surface area contributed by atoms with Gasteiger partial charge in [-0.2, -0.15) is 0 Å². The van der Waals surface area contributed by atoms with E-state index in [-0.39, 0.29) is 11.0 Å². The minimum absolute atomic E-state index is 0.0720. The lowest BCUT2D eigenvalue weighted by atomic mass is 9.87. The van der Waals surface area contributed by atoms with Crippen molar-refractivity contribution in [1.82, 2.24) is 0 Å². The summed E-state index contributed by atoms with van der Waals surface area (Å²) in [6.45, 7) is 6.40. The molecule has 2 nitrogen and oxygen atoms in total. The zero-order valence-electron chi connectivity index (χ0n) is 9.20. The Hall–Kier alpha value is -1.57. The molecule has 0 atom stereocenters. The lowest BCUT2D eigenvalue weighted by Crippen LogP contribution is -2.10. The molecule has 2 rings (SSSR count). The maximum atomic E-state index is 11.1. The highest BCUT2D eigenvalue weighted by molar-refractivity contribution is 5.77. The normalized spacial score (nSPS) is 11.9. The SMILES string of the molecule is CC(C)(C)c1ccc2ccc(=O)oc2c1. The van der Waals surface area contributed by atoms with Crippen LogP contribution < -0.4 is 5.63 Å². The van der Waals surface area contributed by atoms with Crippen LogP contribution in [-0.2, 0) is 5.41 Å². The van der Waals surface area contributed by atoms with Crippen molar-refractivity contribution in [3.63, 3.8) is 0 Å². The second kappa shape index (κ2) is 3.23. The van der Waals surface area contributed by atoms with E-state index in [4.69, 9.17) is 4.42 Å². The predicted molar refractivity (Wildman–Crippen MR) is 61.2 cm³/mol. The van der Waals surface area contributed by atoms with Crippen molar-refractivity contribution in [1.29, 1.82) is 0 Å². The first kappa shape index (κ1) is 9.97. The lowest BCUT2D eigenvalue weighted by molar-refractivity contribution is 0.553. The molecule has 0 aliphatic heterocycles. The van der Waals surface area contributed by atoms with Gasteiger partial charge >= 0.3 is 5.63 Å². The number of fused-ring (bicyclic) bond motifs is 1. The summed E-state index contributed by atoms with van der Waals surface area (Å²) in [5.41, 5.74) is 1.61. The Morgan fingerprint density at radius 1 is 1.07 bits per heavy atom. The van der Waals surface area contributed by atoms with Crippen LogP contribution >= 0.6 is 0 Å². The van der Waals surface area contributed by atoms with E-state index in [0.717, 1.165) is 5.39 Å². The van der Waals surface area contributed by atoms with Gasteiger partial charge in [-0.05, 0) is 23.1 Å². The average molecular weight is 202 g/mol. The molecule has 2 aromatic rings. The fraction of sp³-hybridized carbons (Fsp3) is 0.308. The third-order valence-electron chi connectivity index (χ3n) is 2.49. The molecule has 0 N–H and O–H groups in total. The molecule has 15 heavy (non-hydrogen) atoms. The van der Waals surface area contributed by atoms with Crippen LogP contribution in [0.1, 0.15) is 26.3 Å². The summed E-state index contributed by atoms with van der Waals surface area (Å²) in [7, 11) is 0. The van der Waals surface area contributed by atoms with Crippen LogP contribution in [0.2, 0.25) is 0 Å². The molecule has 78 valence electrons. The Morgan fingerprint density at radius 2 is 1.73 bits per heavy atom. The molecule has 0 fully saturated rings. The van der Waals surface area contributed by atoms with E-state index in [0.29, 0.717) is 5.58 Å². The van der Waals surface area contributed by atoms with Crippen molar-refractivity contribution < 1.29 is 4.42 Å². The maximum Gasteiger partial charge on any atom is 0.336 e. The molecule has 1 heterocycles. The monoisotopic (exact) mass is 202 g/mol. The fourth-order valence-corrected chi connectivity index (χ4v) is 1.53. The Balaban J connectivity index is 2.70. The fourth-order valence-electron chi connectivity index (χ4n) is 1.53. The topological polar surface area (TPSA) is 30.2 Å². The average Bonchev–Trinajstić information content (AvgIpc) is 2.15. The van der Waals surface area contributed by atoms with Gasteiger partial charge in [-0.3, -0.25) is 0 Å². The van der Waals surface area contributed by atoms with Gasteiger partial charge in [0.15, 0.2) is 0 Å². The highest BCUT2D eigenvalue weighted by Crippen LogP contribution is 2.25. The van der Waals surface area contributed by atoms with Crippen LogP contribution in [0.5, 0.6) is 0 Å². The van der Waals surface area contributed by atoms with Crippen molar-refractivity contribution in [3.05, 3.63) is 46.3 Å². The molecule has 0 radical (unpaired) electrons. The molecule has 2 heteroatoms. The zero-order chi connectivity index (χ0) is 11.1. The largest absolute Gasteiger partial charge is 0.423 e. The summed E-state index contributed by atoms with van der Waals surface area (Å²) in [4.78, 5) is 11.1. The van der Waals surface area contributed by atoms with Crippen molar-refractivity contribution in [2.24, 2.45) is 0 Å². The summed E-state index contributed by atoms with van der Waals surface area (Å²) in [5.74, 6) is 0. The first-order valence-corrected chi connectivity index (χ1v) is 5.01. The first-order chi connectivity index (χ1) is 6.97. The third-order valence-corrected chi connectivity index (χ3v) is 2.49. The van der Waals surface area contributed by atoms with Gasteiger partial charge in [-0.15, -0.1) is 0 Å². The molecule has 1 aromatic heterocycles. The first-order valence-electron chi connectivity index (χ1n) is 5.01. The maximum absolute atomic E-state index is 11.1. The van der Waals surface area contributed by atoms with Crippen LogP contribution in [0.3, 0.4) is 0 Å². The van der Waals surface area contributed by atoms with Gasteiger partial charge in [0.05, 0.1) is 0 Å². The van der Waals surface area contributed by atoms with Gasteiger partial charge < -0.3 is 4.42 Å². The molecule has 0 saturated heterocycles. The summed E-state index contributed by atoms with van der Waals surface area (Å²) in [5, 5.41) is 0.961. The molecule has 0 aliphatic rings. The van der Waals surface area contributed by atoms with Crippen molar-refractivity contribution in [3.8, 4) is 0 Å². The molecular weight excluding hydrogens is 188 g/mol. The third kappa shape index (κ3) is 1.94. The molecule has 0 unspecified atom stereocenters. The summed E-state index contributed by atoms with van der Waals surface area (Å²) < 4.78 is 5.14. The van der Waals surface area contributed by atoms with Gasteiger partial charge in [0.1, 0.15) is 5.58 Å². The van der Waals surface area contributed by atoms with E-state index < -0.39 is 0 Å². The second-order valence-electron chi connectivity index (χ2n) is 4.76. The number of hydrogen-bond acceptors (Lipinski definition) is 2. The van der Waals surface area contributed by atoms with E-state index in [1.807, 2.05) is 12.1 Å². The van der Waals surface area contributed by atoms with Crippen LogP contribution in [0, 0.1) is 0 Å². The quantitative estimate of drug-likeness (QED) is 0.614. The molecule has 0 bridgehead atoms. The second-order valence-corrected chi connectivity index (χ2v) is 4.76. The smallest absolute Gasteiger partial charge is 0.336 e. The number of benzene rings is 1. The van der Waals surface area contributed by atoms with Gasteiger partial charge in [-0.25, -0.2) is 4.79 Å². The van der Waals surface area contributed by atoms with E-state index in [2.05, 4.69) is 26.8 Å². The summed E-state index contributed by atoms with van der Waals surface area (Å²) >= 11 is 0. The lowest BCUT2D eigenvalue weighted by Gasteiger charge is -2.18. The van der Waals surface area contributed by atoms with Crippen LogP contribution in [0.25, 0.3) is 11.0 Å². The summed E-state index contributed by atoms with van der Waals surface area (Å²) in [6, 6.07) is 9.23. The highest BCUT2D eigenvalue weighted by Gasteiger charge is 2.14. The zero-order valence-corrected chi connectivity index (χ0v) is 9.20. The standard InChI is InChI=1S/C13H14O2/c1-13(2,3)10-6-4-9-5-7-12(14)15-11(9)8-10/h4-8H,1-3H3. The van der Waals surface area contributed by atoms with Crippen molar-refractivity contribution in [2.75, 3.05) is 0 Å². The molecular formula is C13H14O2. The van der Waals surface area contributed by atoms with Gasteiger partial charge in [0.25, 0.3) is 0 Å². The Kier molecular flexibility index (Phi) is 2.14. The van der Waals surface area contributed by atoms with Gasteiger partial charge in [-0.1, -0.05) is 32.9 Å². The molecule has 0 aliphatic carbocycles. The Bertz CT molecular complexity index is 544. The molecule has 1 aromatic carbocycles. The molecule has 0 amide bonds. The van der Waals surface area contributed by atoms with Gasteiger partial charge in [0.2, 0.25) is 0 Å². The molecule has 0 spiro atoms. The van der Waals surface area contributed by atoms with Crippen LogP contribution in [-0.4, -0.2) is 0 Å². The number of rotatable bonds is 0. The highest BCUT2D eigenvalue weighted by atomic mass is 16.4. The minimum Gasteiger partial charge on any atom is -0.423 e. The molecule has 0 saturated carbocycles. The summed E-state index contributed by atoms with van der Waals surface area (Å²) in [6.07, 6.45) is 0. The Morgan fingerprint density at radius 3 is 2.40 bits per heavy atom.